The van der Waals surface area contributed by atoms with Gasteiger partial charge in [0.15, 0.2) is 4.80 Å². The lowest BCUT2D eigenvalue weighted by Gasteiger charge is -2.05. The second-order valence-electron chi connectivity index (χ2n) is 6.27. The number of primary sulfonamides is 1. The summed E-state index contributed by atoms with van der Waals surface area (Å²) in [6.07, 6.45) is 0.0744. The Morgan fingerprint density at radius 3 is 2.59 bits per heavy atom. The maximum absolute atomic E-state index is 12.7. The molecule has 152 valence electrons. The molecule has 8 nitrogen and oxygen atoms in total. The summed E-state index contributed by atoms with van der Waals surface area (Å²) < 4.78 is 30.3. The molecule has 0 aliphatic rings. The van der Waals surface area contributed by atoms with Crippen LogP contribution in [0.4, 0.5) is 0 Å². The van der Waals surface area contributed by atoms with Gasteiger partial charge in [-0.1, -0.05) is 29.5 Å². The summed E-state index contributed by atoms with van der Waals surface area (Å²) in [4.78, 5) is 28.9. The standard InChI is InChI=1S/C19H19N3O5S2/c1-12-5-3-4-6-14(12)18(24)21-19-22(10-9-17(23)27-2)15-8-7-13(29(20,25)26)11-16(15)28-19/h3-8,11H,9-10H2,1-2H3,(H2,20,25,26). The highest BCUT2D eigenvalue weighted by Crippen LogP contribution is 2.22. The summed E-state index contributed by atoms with van der Waals surface area (Å²) in [7, 11) is -2.58. The lowest BCUT2D eigenvalue weighted by Crippen LogP contribution is -2.19. The maximum Gasteiger partial charge on any atom is 0.307 e. The first-order valence-electron chi connectivity index (χ1n) is 8.58. The van der Waals surface area contributed by atoms with Gasteiger partial charge in [0.25, 0.3) is 5.91 Å². The Morgan fingerprint density at radius 2 is 1.93 bits per heavy atom. The van der Waals surface area contributed by atoms with E-state index in [1.807, 2.05) is 19.1 Å². The fourth-order valence-electron chi connectivity index (χ4n) is 2.80. The number of aromatic nitrogens is 1. The molecule has 0 fully saturated rings. The topological polar surface area (TPSA) is 121 Å². The van der Waals surface area contributed by atoms with Crippen LogP contribution in [0.15, 0.2) is 52.4 Å². The highest BCUT2D eigenvalue weighted by Gasteiger charge is 2.15. The molecule has 10 heteroatoms. The highest BCUT2D eigenvalue weighted by molar-refractivity contribution is 7.89. The van der Waals surface area contributed by atoms with Gasteiger partial charge in [-0.2, -0.15) is 4.99 Å². The number of carbonyl (C=O) groups is 2. The predicted octanol–water partition coefficient (Wildman–Crippen LogP) is 1.96. The van der Waals surface area contributed by atoms with E-state index in [1.54, 1.807) is 22.8 Å². The fourth-order valence-corrected chi connectivity index (χ4v) is 4.51. The van der Waals surface area contributed by atoms with E-state index in [2.05, 4.69) is 9.73 Å². The van der Waals surface area contributed by atoms with E-state index in [9.17, 15) is 18.0 Å². The summed E-state index contributed by atoms with van der Waals surface area (Å²) >= 11 is 1.15. The third-order valence-corrected chi connectivity index (χ3v) is 6.27. The molecule has 0 bridgehead atoms. The average Bonchev–Trinajstić information content (AvgIpc) is 3.01. The van der Waals surface area contributed by atoms with Crippen molar-refractivity contribution in [2.75, 3.05) is 7.11 Å². The second-order valence-corrected chi connectivity index (χ2v) is 8.84. The molecule has 0 aliphatic heterocycles. The van der Waals surface area contributed by atoms with E-state index >= 15 is 0 Å². The van der Waals surface area contributed by atoms with Gasteiger partial charge in [-0.3, -0.25) is 9.59 Å². The Bertz CT molecular complexity index is 1270. The maximum atomic E-state index is 12.7. The average molecular weight is 434 g/mol. The number of aryl methyl sites for hydroxylation is 2. The van der Waals surface area contributed by atoms with E-state index < -0.39 is 21.9 Å². The molecule has 0 aliphatic carbocycles. The van der Waals surface area contributed by atoms with Crippen LogP contribution in [0.25, 0.3) is 10.2 Å². The van der Waals surface area contributed by atoms with E-state index in [0.717, 1.165) is 16.9 Å². The number of thiazole rings is 1. The van der Waals surface area contributed by atoms with Crippen LogP contribution in [0.5, 0.6) is 0 Å². The SMILES string of the molecule is COC(=O)CCn1c(=NC(=O)c2ccccc2C)sc2cc(S(N)(=O)=O)ccc21. The van der Waals surface area contributed by atoms with Crippen molar-refractivity contribution in [2.24, 2.45) is 10.1 Å². The summed E-state index contributed by atoms with van der Waals surface area (Å²) in [5, 5.41) is 5.21. The van der Waals surface area contributed by atoms with Gasteiger partial charge >= 0.3 is 5.97 Å². The number of rotatable bonds is 5. The molecule has 0 saturated carbocycles. The zero-order valence-corrected chi connectivity index (χ0v) is 17.4. The first-order chi connectivity index (χ1) is 13.7. The first kappa shape index (κ1) is 20.9. The van der Waals surface area contributed by atoms with Crippen molar-refractivity contribution in [3.8, 4) is 0 Å². The van der Waals surface area contributed by atoms with Gasteiger partial charge in [0.1, 0.15) is 0 Å². The molecular formula is C19H19N3O5S2. The van der Waals surface area contributed by atoms with Gasteiger partial charge in [0.2, 0.25) is 10.0 Å². The minimum Gasteiger partial charge on any atom is -0.469 e. The second kappa shape index (κ2) is 8.27. The van der Waals surface area contributed by atoms with Gasteiger partial charge in [-0.15, -0.1) is 0 Å². The van der Waals surface area contributed by atoms with Gasteiger partial charge < -0.3 is 9.30 Å². The number of ether oxygens (including phenoxy) is 1. The molecule has 1 aromatic heterocycles. The molecule has 0 spiro atoms. The van der Waals surface area contributed by atoms with Gasteiger partial charge in [0, 0.05) is 12.1 Å². The number of nitrogens with zero attached hydrogens (tertiary/aromatic N) is 2. The minimum atomic E-state index is -3.87. The molecule has 0 atom stereocenters. The van der Waals surface area contributed by atoms with Gasteiger partial charge in [0.05, 0.1) is 28.6 Å². The fraction of sp³-hybridized carbons (Fsp3) is 0.211. The van der Waals surface area contributed by atoms with Crippen molar-refractivity contribution in [3.05, 3.63) is 58.4 Å². The molecule has 0 radical (unpaired) electrons. The third kappa shape index (κ3) is 4.61. The van der Waals surface area contributed by atoms with Crippen molar-refractivity contribution in [3.63, 3.8) is 0 Å². The van der Waals surface area contributed by atoms with Crippen LogP contribution in [-0.2, 0) is 26.1 Å². The van der Waals surface area contributed by atoms with Crippen molar-refractivity contribution < 1.29 is 22.7 Å². The van der Waals surface area contributed by atoms with Crippen molar-refractivity contribution in [2.45, 2.75) is 24.8 Å². The third-order valence-electron chi connectivity index (χ3n) is 4.32. The Hall–Kier alpha value is -2.82. The van der Waals surface area contributed by atoms with Gasteiger partial charge in [-0.25, -0.2) is 13.6 Å². The Morgan fingerprint density at radius 1 is 1.21 bits per heavy atom. The Labute approximate surface area is 171 Å². The van der Waals surface area contributed by atoms with E-state index in [-0.39, 0.29) is 17.9 Å². The van der Waals surface area contributed by atoms with Gasteiger partial charge in [-0.05, 0) is 36.8 Å². The van der Waals surface area contributed by atoms with E-state index in [1.165, 1.54) is 19.2 Å². The van der Waals surface area contributed by atoms with Crippen molar-refractivity contribution in [1.29, 1.82) is 0 Å². The number of fused-ring (bicyclic) bond motifs is 1. The number of methoxy groups -OCH3 is 1. The van der Waals surface area contributed by atoms with Crippen LogP contribution >= 0.6 is 11.3 Å². The normalized spacial score (nSPS) is 12.3. The van der Waals surface area contributed by atoms with E-state index in [0.29, 0.717) is 20.6 Å². The first-order valence-corrected chi connectivity index (χ1v) is 10.9. The van der Waals surface area contributed by atoms with Crippen LogP contribution in [0.1, 0.15) is 22.3 Å². The lowest BCUT2D eigenvalue weighted by atomic mass is 10.1. The predicted molar refractivity (Wildman–Crippen MR) is 109 cm³/mol. The zero-order chi connectivity index (χ0) is 21.2. The molecule has 1 heterocycles. The summed E-state index contributed by atoms with van der Waals surface area (Å²) in [6, 6.07) is 11.5. The Balaban J connectivity index is 2.16. The largest absolute Gasteiger partial charge is 0.469 e. The molecular weight excluding hydrogens is 414 g/mol. The monoisotopic (exact) mass is 433 g/mol. The van der Waals surface area contributed by atoms with Crippen LogP contribution in [0, 0.1) is 6.92 Å². The van der Waals surface area contributed by atoms with Crippen molar-refractivity contribution in [1.82, 2.24) is 4.57 Å². The number of benzene rings is 2. The number of amides is 1. The quantitative estimate of drug-likeness (QED) is 0.617. The zero-order valence-electron chi connectivity index (χ0n) is 15.8. The number of hydrogen-bond donors (Lipinski definition) is 1. The van der Waals surface area contributed by atoms with Crippen LogP contribution < -0.4 is 9.94 Å². The lowest BCUT2D eigenvalue weighted by molar-refractivity contribution is -0.140. The summed E-state index contributed by atoms with van der Waals surface area (Å²) in [6.45, 7) is 2.04. The molecule has 3 aromatic rings. The smallest absolute Gasteiger partial charge is 0.307 e. The molecule has 0 unspecified atom stereocenters. The highest BCUT2D eigenvalue weighted by atomic mass is 32.2. The molecule has 2 N–H and O–H groups in total. The molecule has 2 aromatic carbocycles. The van der Waals surface area contributed by atoms with Crippen LogP contribution in [0.2, 0.25) is 0 Å². The Kier molecular flexibility index (Phi) is 5.96. The molecule has 3 rings (SSSR count). The summed E-state index contributed by atoms with van der Waals surface area (Å²) in [5.41, 5.74) is 1.90. The number of carbonyl (C=O) groups excluding carboxylic acids is 2. The number of esters is 1. The molecule has 29 heavy (non-hydrogen) atoms. The number of nitrogens with two attached hydrogens (primary N) is 1. The molecule has 0 saturated heterocycles. The minimum absolute atomic E-state index is 0.0388. The number of sulfonamides is 1. The molecule has 1 amide bonds. The summed E-state index contributed by atoms with van der Waals surface area (Å²) in [5.74, 6) is -0.831. The van der Waals surface area contributed by atoms with Crippen molar-refractivity contribution >= 4 is 43.5 Å². The number of hydrogen-bond acceptors (Lipinski definition) is 6. The van der Waals surface area contributed by atoms with Crippen LogP contribution in [-0.4, -0.2) is 32.0 Å². The van der Waals surface area contributed by atoms with Crippen LogP contribution in [0.3, 0.4) is 0 Å². The van der Waals surface area contributed by atoms with E-state index in [4.69, 9.17) is 5.14 Å².